The molecule has 0 radical (unpaired) electrons. The van der Waals surface area contributed by atoms with Crippen molar-refractivity contribution in [1.29, 1.82) is 0 Å². The summed E-state index contributed by atoms with van der Waals surface area (Å²) in [5.74, 6) is 0.130. The van der Waals surface area contributed by atoms with Crippen molar-refractivity contribution in [2.45, 2.75) is 13.3 Å². The SMILES string of the molecule is CCOc1ccc(N2C[C@H](C(=O)Nc3cccc(Cl)c3)CC2=O)cc1. The Morgan fingerprint density at radius 3 is 2.72 bits per heavy atom. The summed E-state index contributed by atoms with van der Waals surface area (Å²) in [6, 6.07) is 14.3. The lowest BCUT2D eigenvalue weighted by Crippen LogP contribution is -2.28. The molecule has 1 atom stereocenters. The Morgan fingerprint density at radius 1 is 1.28 bits per heavy atom. The first-order chi connectivity index (χ1) is 12.1. The normalized spacial score (nSPS) is 16.8. The third-order valence-electron chi connectivity index (χ3n) is 4.05. The minimum absolute atomic E-state index is 0.0598. The van der Waals surface area contributed by atoms with E-state index in [0.29, 0.717) is 23.9 Å². The average molecular weight is 359 g/mol. The fourth-order valence-electron chi connectivity index (χ4n) is 2.83. The van der Waals surface area contributed by atoms with Gasteiger partial charge in [0.05, 0.1) is 12.5 Å². The van der Waals surface area contributed by atoms with Crippen LogP contribution in [0.3, 0.4) is 0 Å². The maximum absolute atomic E-state index is 12.4. The van der Waals surface area contributed by atoms with Gasteiger partial charge in [0.1, 0.15) is 5.75 Å². The van der Waals surface area contributed by atoms with Crippen LogP contribution in [0.1, 0.15) is 13.3 Å². The van der Waals surface area contributed by atoms with Crippen LogP contribution in [-0.4, -0.2) is 25.0 Å². The first-order valence-electron chi connectivity index (χ1n) is 8.16. The Balaban J connectivity index is 1.66. The smallest absolute Gasteiger partial charge is 0.229 e. The van der Waals surface area contributed by atoms with E-state index in [0.717, 1.165) is 11.4 Å². The number of nitrogens with zero attached hydrogens (tertiary/aromatic N) is 1. The predicted molar refractivity (Wildman–Crippen MR) is 98.2 cm³/mol. The standard InChI is InChI=1S/C19H19ClN2O3/c1-2-25-17-8-6-16(7-9-17)22-12-13(10-18(22)23)19(24)21-15-5-3-4-14(20)11-15/h3-9,11,13H,2,10,12H2,1H3,(H,21,24)/t13-/m1/s1. The fourth-order valence-corrected chi connectivity index (χ4v) is 3.02. The Labute approximate surface area is 151 Å². The number of benzene rings is 2. The molecule has 3 rings (SSSR count). The molecule has 2 aromatic carbocycles. The molecular weight excluding hydrogens is 340 g/mol. The van der Waals surface area contributed by atoms with E-state index in [2.05, 4.69) is 5.32 Å². The summed E-state index contributed by atoms with van der Waals surface area (Å²) in [6.07, 6.45) is 0.194. The molecule has 0 aromatic heterocycles. The van der Waals surface area contributed by atoms with E-state index in [1.165, 1.54) is 0 Å². The van der Waals surface area contributed by atoms with E-state index >= 15 is 0 Å². The second-order valence-electron chi connectivity index (χ2n) is 5.83. The van der Waals surface area contributed by atoms with Gasteiger partial charge in [-0.25, -0.2) is 0 Å². The zero-order valence-electron chi connectivity index (χ0n) is 13.9. The van der Waals surface area contributed by atoms with Crippen molar-refractivity contribution in [1.82, 2.24) is 0 Å². The van der Waals surface area contributed by atoms with Crippen LogP contribution in [0.15, 0.2) is 48.5 Å². The quantitative estimate of drug-likeness (QED) is 0.886. The van der Waals surface area contributed by atoms with E-state index < -0.39 is 5.92 Å². The lowest BCUT2D eigenvalue weighted by atomic mass is 10.1. The van der Waals surface area contributed by atoms with Crippen molar-refractivity contribution in [3.05, 3.63) is 53.6 Å². The van der Waals surface area contributed by atoms with Crippen molar-refractivity contribution in [3.8, 4) is 5.75 Å². The number of anilines is 2. The Hall–Kier alpha value is -2.53. The average Bonchev–Trinajstić information content (AvgIpc) is 2.98. The van der Waals surface area contributed by atoms with Gasteiger partial charge in [0.2, 0.25) is 11.8 Å². The van der Waals surface area contributed by atoms with Crippen LogP contribution in [0.25, 0.3) is 0 Å². The third kappa shape index (κ3) is 4.12. The largest absolute Gasteiger partial charge is 0.494 e. The fraction of sp³-hybridized carbons (Fsp3) is 0.263. The van der Waals surface area contributed by atoms with E-state index in [1.54, 1.807) is 29.2 Å². The molecule has 1 N–H and O–H groups in total. The summed E-state index contributed by atoms with van der Waals surface area (Å²) in [4.78, 5) is 26.4. The Kier molecular flexibility index (Phi) is 5.24. The summed E-state index contributed by atoms with van der Waals surface area (Å²) in [5, 5.41) is 3.37. The highest BCUT2D eigenvalue weighted by Gasteiger charge is 2.35. The van der Waals surface area contributed by atoms with Crippen LogP contribution in [0.4, 0.5) is 11.4 Å². The van der Waals surface area contributed by atoms with Crippen LogP contribution < -0.4 is 15.0 Å². The number of halogens is 1. The number of ether oxygens (including phenoxy) is 1. The van der Waals surface area contributed by atoms with Crippen molar-refractivity contribution >= 4 is 34.8 Å². The van der Waals surface area contributed by atoms with E-state index in [1.807, 2.05) is 31.2 Å². The minimum Gasteiger partial charge on any atom is -0.494 e. The van der Waals surface area contributed by atoms with Crippen LogP contribution in [0, 0.1) is 5.92 Å². The van der Waals surface area contributed by atoms with Crippen molar-refractivity contribution in [3.63, 3.8) is 0 Å². The van der Waals surface area contributed by atoms with Crippen molar-refractivity contribution < 1.29 is 14.3 Å². The number of carbonyl (C=O) groups is 2. The Bertz CT molecular complexity index is 776. The molecule has 1 aliphatic heterocycles. The molecule has 1 aliphatic rings. The molecule has 0 saturated carbocycles. The van der Waals surface area contributed by atoms with Crippen LogP contribution in [0.2, 0.25) is 5.02 Å². The second kappa shape index (κ2) is 7.57. The number of hydrogen-bond donors (Lipinski definition) is 1. The molecule has 0 spiro atoms. The first-order valence-corrected chi connectivity index (χ1v) is 8.54. The van der Waals surface area contributed by atoms with E-state index in [9.17, 15) is 9.59 Å². The van der Waals surface area contributed by atoms with Gasteiger partial charge in [-0.05, 0) is 49.4 Å². The molecule has 1 heterocycles. The summed E-state index contributed by atoms with van der Waals surface area (Å²) < 4.78 is 5.41. The molecule has 130 valence electrons. The van der Waals surface area contributed by atoms with Gasteiger partial charge in [0.15, 0.2) is 0 Å². The molecule has 25 heavy (non-hydrogen) atoms. The predicted octanol–water partition coefficient (Wildman–Crippen LogP) is 3.73. The highest BCUT2D eigenvalue weighted by Crippen LogP contribution is 2.28. The zero-order chi connectivity index (χ0) is 17.8. The maximum Gasteiger partial charge on any atom is 0.229 e. The molecule has 0 aliphatic carbocycles. The van der Waals surface area contributed by atoms with Crippen LogP contribution >= 0.6 is 11.6 Å². The number of amides is 2. The van der Waals surface area contributed by atoms with Gasteiger partial charge < -0.3 is 15.0 Å². The summed E-state index contributed by atoms with van der Waals surface area (Å²) in [6.45, 7) is 2.87. The van der Waals surface area contributed by atoms with Gasteiger partial charge in [-0.3, -0.25) is 9.59 Å². The number of rotatable bonds is 5. The van der Waals surface area contributed by atoms with Gasteiger partial charge in [0, 0.05) is 29.4 Å². The van der Waals surface area contributed by atoms with Crippen molar-refractivity contribution in [2.24, 2.45) is 5.92 Å². The molecule has 0 bridgehead atoms. The lowest BCUT2D eigenvalue weighted by Gasteiger charge is -2.17. The van der Waals surface area contributed by atoms with E-state index in [-0.39, 0.29) is 18.2 Å². The van der Waals surface area contributed by atoms with Gasteiger partial charge in [-0.1, -0.05) is 17.7 Å². The first kappa shape index (κ1) is 17.3. The molecule has 5 nitrogen and oxygen atoms in total. The third-order valence-corrected chi connectivity index (χ3v) is 4.28. The van der Waals surface area contributed by atoms with E-state index in [4.69, 9.17) is 16.3 Å². The number of nitrogens with one attached hydrogen (secondary N) is 1. The molecule has 2 amide bonds. The minimum atomic E-state index is -0.391. The number of carbonyl (C=O) groups excluding carboxylic acids is 2. The lowest BCUT2D eigenvalue weighted by molar-refractivity contribution is -0.122. The van der Waals surface area contributed by atoms with Gasteiger partial charge >= 0.3 is 0 Å². The molecule has 6 heteroatoms. The maximum atomic E-state index is 12.4. The zero-order valence-corrected chi connectivity index (χ0v) is 14.6. The summed E-state index contributed by atoms with van der Waals surface area (Å²) in [7, 11) is 0. The molecule has 1 fully saturated rings. The monoisotopic (exact) mass is 358 g/mol. The number of hydrogen-bond acceptors (Lipinski definition) is 3. The van der Waals surface area contributed by atoms with Gasteiger partial charge in [-0.2, -0.15) is 0 Å². The highest BCUT2D eigenvalue weighted by atomic mass is 35.5. The topological polar surface area (TPSA) is 58.6 Å². The highest BCUT2D eigenvalue weighted by molar-refractivity contribution is 6.30. The molecule has 2 aromatic rings. The van der Waals surface area contributed by atoms with Crippen molar-refractivity contribution in [2.75, 3.05) is 23.4 Å². The summed E-state index contributed by atoms with van der Waals surface area (Å²) >= 11 is 5.93. The summed E-state index contributed by atoms with van der Waals surface area (Å²) in [5.41, 5.74) is 1.40. The second-order valence-corrected chi connectivity index (χ2v) is 6.27. The van der Waals surface area contributed by atoms with Gasteiger partial charge in [-0.15, -0.1) is 0 Å². The van der Waals surface area contributed by atoms with Gasteiger partial charge in [0.25, 0.3) is 0 Å². The molecule has 1 saturated heterocycles. The van der Waals surface area contributed by atoms with Crippen LogP contribution in [-0.2, 0) is 9.59 Å². The van der Waals surface area contributed by atoms with Crippen LogP contribution in [0.5, 0.6) is 5.75 Å². The molecular formula is C19H19ClN2O3. The Morgan fingerprint density at radius 2 is 2.04 bits per heavy atom. The molecule has 0 unspecified atom stereocenters.